The Kier molecular flexibility index (Phi) is 10.3. The van der Waals surface area contributed by atoms with E-state index in [4.69, 9.17) is 10.2 Å². The summed E-state index contributed by atoms with van der Waals surface area (Å²) in [6.45, 7) is 6.92. The number of rotatable bonds is 8. The first-order valence-electron chi connectivity index (χ1n) is 7.42. The minimum atomic E-state index is -0.928. The Hall–Kier alpha value is -2.88. The van der Waals surface area contributed by atoms with Crippen molar-refractivity contribution in [3.05, 3.63) is 83.1 Å². The Morgan fingerprint density at radius 2 is 0.917 bits per heavy atom. The maximum Gasteiger partial charge on any atom is 0.331 e. The monoisotopic (exact) mass is 328 g/mol. The highest BCUT2D eigenvalue weighted by atomic mass is 16.4. The molecule has 0 radical (unpaired) electrons. The van der Waals surface area contributed by atoms with Gasteiger partial charge in [-0.2, -0.15) is 0 Å². The Balaban J connectivity index is 4.63. The van der Waals surface area contributed by atoms with Crippen LogP contribution in [0.1, 0.15) is 27.7 Å². The van der Waals surface area contributed by atoms with E-state index in [0.717, 1.165) is 11.1 Å². The lowest BCUT2D eigenvalue weighted by atomic mass is 10.2. The van der Waals surface area contributed by atoms with Gasteiger partial charge in [-0.3, -0.25) is 0 Å². The lowest BCUT2D eigenvalue weighted by Gasteiger charge is -1.90. The second kappa shape index (κ2) is 11.7. The average molecular weight is 328 g/mol. The molecule has 0 aliphatic heterocycles. The summed E-state index contributed by atoms with van der Waals surface area (Å²) in [7, 11) is 0. The molecule has 4 nitrogen and oxygen atoms in total. The van der Waals surface area contributed by atoms with Crippen LogP contribution in [0.15, 0.2) is 83.1 Å². The normalized spacial score (nSPS) is 15.0. The van der Waals surface area contributed by atoms with Crippen LogP contribution in [-0.2, 0) is 9.59 Å². The van der Waals surface area contributed by atoms with E-state index in [-0.39, 0.29) is 11.1 Å². The second-order valence-electron chi connectivity index (χ2n) is 5.23. The Bertz CT molecular complexity index is 608. The van der Waals surface area contributed by atoms with Gasteiger partial charge in [0.15, 0.2) is 0 Å². The van der Waals surface area contributed by atoms with E-state index >= 15 is 0 Å². The van der Waals surface area contributed by atoms with Crippen LogP contribution in [0.2, 0.25) is 0 Å². The maximum absolute atomic E-state index is 10.6. The molecule has 24 heavy (non-hydrogen) atoms. The van der Waals surface area contributed by atoms with Crippen LogP contribution >= 0.6 is 0 Å². The van der Waals surface area contributed by atoms with Crippen LogP contribution in [-0.4, -0.2) is 22.2 Å². The molecule has 0 aromatic carbocycles. The standard InChI is InChI=1S/C20H24O4/c1-15(11-7-13-17(3)19(21)22)9-5-6-10-16(2)12-8-14-18(4)20(23)24/h5-14H,1-4H3,(H,21,22)(H,23,24)/b6-5+,11-7+,12-8+,15-9-,16-10+,17-13+,18-14+. The smallest absolute Gasteiger partial charge is 0.331 e. The lowest BCUT2D eigenvalue weighted by molar-refractivity contribution is -0.133. The van der Waals surface area contributed by atoms with Gasteiger partial charge in [0.2, 0.25) is 0 Å². The van der Waals surface area contributed by atoms with Crippen molar-refractivity contribution in [1.29, 1.82) is 0 Å². The van der Waals surface area contributed by atoms with Gasteiger partial charge in [0, 0.05) is 11.1 Å². The maximum atomic E-state index is 10.6. The second-order valence-corrected chi connectivity index (χ2v) is 5.23. The highest BCUT2D eigenvalue weighted by Crippen LogP contribution is 2.01. The molecule has 2 N–H and O–H groups in total. The highest BCUT2D eigenvalue weighted by Gasteiger charge is 1.96. The quantitative estimate of drug-likeness (QED) is 0.504. The van der Waals surface area contributed by atoms with E-state index in [1.807, 2.05) is 50.3 Å². The van der Waals surface area contributed by atoms with Crippen LogP contribution in [0.25, 0.3) is 0 Å². The molecule has 0 aliphatic carbocycles. The number of carboxylic acid groups (broad SMARTS) is 2. The van der Waals surface area contributed by atoms with Crippen LogP contribution in [0.5, 0.6) is 0 Å². The first-order chi connectivity index (χ1) is 11.2. The molecular weight excluding hydrogens is 304 g/mol. The fraction of sp³-hybridized carbons (Fsp3) is 0.200. The summed E-state index contributed by atoms with van der Waals surface area (Å²) in [6, 6.07) is 0. The van der Waals surface area contributed by atoms with E-state index in [1.165, 1.54) is 0 Å². The molecule has 0 bridgehead atoms. The molecule has 0 fully saturated rings. The fourth-order valence-electron chi connectivity index (χ4n) is 1.36. The van der Waals surface area contributed by atoms with Crippen molar-refractivity contribution in [1.82, 2.24) is 0 Å². The zero-order valence-corrected chi connectivity index (χ0v) is 14.5. The van der Waals surface area contributed by atoms with Gasteiger partial charge in [-0.25, -0.2) is 9.59 Å². The largest absolute Gasteiger partial charge is 0.478 e. The van der Waals surface area contributed by atoms with Gasteiger partial charge in [-0.15, -0.1) is 0 Å². The minimum absolute atomic E-state index is 0.284. The summed E-state index contributed by atoms with van der Waals surface area (Å²) in [6.07, 6.45) is 17.7. The van der Waals surface area contributed by atoms with Crippen molar-refractivity contribution in [3.8, 4) is 0 Å². The minimum Gasteiger partial charge on any atom is -0.478 e. The molecule has 0 aliphatic rings. The summed E-state index contributed by atoms with van der Waals surface area (Å²) in [5.74, 6) is -1.86. The van der Waals surface area contributed by atoms with Crippen LogP contribution in [0.4, 0.5) is 0 Å². The highest BCUT2D eigenvalue weighted by molar-refractivity contribution is 5.86. The predicted octanol–water partition coefficient (Wildman–Crippen LogP) is 4.61. The Labute approximate surface area is 143 Å². The SMILES string of the molecule is CC(=C/C=C/C=C(C)/C=C/C=C(\C)C(=O)O)/C=C/C=C(\C)C(=O)O. The molecule has 0 aromatic rings. The van der Waals surface area contributed by atoms with Crippen LogP contribution in [0.3, 0.4) is 0 Å². The van der Waals surface area contributed by atoms with E-state index in [1.54, 1.807) is 38.2 Å². The number of hydrogen-bond donors (Lipinski definition) is 2. The third-order valence-electron chi connectivity index (χ3n) is 2.91. The lowest BCUT2D eigenvalue weighted by Crippen LogP contribution is -1.94. The van der Waals surface area contributed by atoms with Gasteiger partial charge in [0.1, 0.15) is 0 Å². The first kappa shape index (κ1) is 21.1. The molecule has 0 heterocycles. The molecule has 0 aromatic heterocycles. The summed E-state index contributed by atoms with van der Waals surface area (Å²) in [5, 5.41) is 17.4. The van der Waals surface area contributed by atoms with Crippen LogP contribution in [0, 0.1) is 0 Å². The molecular formula is C20H24O4. The molecule has 0 rings (SSSR count). The summed E-state index contributed by atoms with van der Waals surface area (Å²) < 4.78 is 0. The first-order valence-corrected chi connectivity index (χ1v) is 7.42. The van der Waals surface area contributed by atoms with Crippen molar-refractivity contribution in [2.75, 3.05) is 0 Å². The number of allylic oxidation sites excluding steroid dienone is 12. The number of carbonyl (C=O) groups is 2. The van der Waals surface area contributed by atoms with Gasteiger partial charge < -0.3 is 10.2 Å². The van der Waals surface area contributed by atoms with Gasteiger partial charge in [0.05, 0.1) is 0 Å². The van der Waals surface area contributed by atoms with Crippen molar-refractivity contribution < 1.29 is 19.8 Å². The third-order valence-corrected chi connectivity index (χ3v) is 2.91. The van der Waals surface area contributed by atoms with E-state index in [0.29, 0.717) is 0 Å². The summed E-state index contributed by atoms with van der Waals surface area (Å²) in [5.41, 5.74) is 2.55. The molecule has 0 spiro atoms. The van der Waals surface area contributed by atoms with Gasteiger partial charge >= 0.3 is 11.9 Å². The topological polar surface area (TPSA) is 74.6 Å². The molecule has 0 atom stereocenters. The van der Waals surface area contributed by atoms with Gasteiger partial charge in [-0.1, -0.05) is 71.9 Å². The number of carboxylic acids is 2. The number of hydrogen-bond acceptors (Lipinski definition) is 2. The summed E-state index contributed by atoms with van der Waals surface area (Å²) in [4.78, 5) is 21.2. The van der Waals surface area contributed by atoms with E-state index < -0.39 is 11.9 Å². The van der Waals surface area contributed by atoms with Gasteiger partial charge in [-0.05, 0) is 27.7 Å². The van der Waals surface area contributed by atoms with E-state index in [9.17, 15) is 9.59 Å². The molecule has 0 saturated carbocycles. The molecule has 0 saturated heterocycles. The average Bonchev–Trinajstić information content (AvgIpc) is 2.51. The molecule has 4 heteroatoms. The Morgan fingerprint density at radius 3 is 1.21 bits per heavy atom. The summed E-state index contributed by atoms with van der Waals surface area (Å²) >= 11 is 0. The van der Waals surface area contributed by atoms with Crippen molar-refractivity contribution in [3.63, 3.8) is 0 Å². The van der Waals surface area contributed by atoms with Crippen LogP contribution < -0.4 is 0 Å². The molecule has 0 amide bonds. The Morgan fingerprint density at radius 1 is 0.583 bits per heavy atom. The predicted molar refractivity (Wildman–Crippen MR) is 97.7 cm³/mol. The fourth-order valence-corrected chi connectivity index (χ4v) is 1.36. The number of aliphatic carboxylic acids is 2. The van der Waals surface area contributed by atoms with Crippen molar-refractivity contribution in [2.45, 2.75) is 27.7 Å². The molecule has 0 unspecified atom stereocenters. The zero-order valence-electron chi connectivity index (χ0n) is 14.5. The van der Waals surface area contributed by atoms with Gasteiger partial charge in [0.25, 0.3) is 0 Å². The van der Waals surface area contributed by atoms with Crippen molar-refractivity contribution in [2.24, 2.45) is 0 Å². The zero-order chi connectivity index (χ0) is 18.5. The van der Waals surface area contributed by atoms with Crippen molar-refractivity contribution >= 4 is 11.9 Å². The van der Waals surface area contributed by atoms with E-state index in [2.05, 4.69) is 0 Å². The third kappa shape index (κ3) is 10.8. The molecule has 128 valence electrons.